The maximum absolute atomic E-state index is 12.1. The number of aryl methyl sites for hydroxylation is 2. The minimum Gasteiger partial charge on any atom is -0.497 e. The quantitative estimate of drug-likeness (QED) is 0.544. The first-order valence-electron chi connectivity index (χ1n) is 10.2. The van der Waals surface area contributed by atoms with E-state index in [1.165, 1.54) is 0 Å². The highest BCUT2D eigenvalue weighted by Gasteiger charge is 2.25. The average molecular weight is 409 g/mol. The molecule has 0 N–H and O–H groups in total. The number of anilines is 1. The maximum Gasteiger partial charge on any atom is 0.336 e. The first-order valence-corrected chi connectivity index (χ1v) is 10.2. The summed E-state index contributed by atoms with van der Waals surface area (Å²) >= 11 is 0. The molecule has 2 heterocycles. The van der Waals surface area contributed by atoms with Crippen molar-refractivity contribution in [3.05, 3.63) is 57.4 Å². The number of fused-ring (bicyclic) bond motifs is 2. The summed E-state index contributed by atoms with van der Waals surface area (Å²) in [6.45, 7) is 5.12. The summed E-state index contributed by atoms with van der Waals surface area (Å²) in [7, 11) is 3.30. The van der Waals surface area contributed by atoms with Crippen LogP contribution in [0.3, 0.4) is 0 Å². The summed E-state index contributed by atoms with van der Waals surface area (Å²) < 4.78 is 22.6. The van der Waals surface area contributed by atoms with Gasteiger partial charge in [0, 0.05) is 28.6 Å². The van der Waals surface area contributed by atoms with Gasteiger partial charge in [-0.3, -0.25) is 0 Å². The Morgan fingerprint density at radius 3 is 2.70 bits per heavy atom. The Morgan fingerprint density at radius 1 is 1.13 bits per heavy atom. The zero-order chi connectivity index (χ0) is 21.3. The maximum atomic E-state index is 12.1. The van der Waals surface area contributed by atoms with Crippen molar-refractivity contribution in [2.45, 2.75) is 39.7 Å². The van der Waals surface area contributed by atoms with Crippen LogP contribution in [-0.2, 0) is 13.0 Å². The van der Waals surface area contributed by atoms with E-state index in [0.717, 1.165) is 64.3 Å². The van der Waals surface area contributed by atoms with Crippen LogP contribution in [0.2, 0.25) is 0 Å². The Bertz CT molecular complexity index is 1130. The van der Waals surface area contributed by atoms with Gasteiger partial charge in [0.05, 0.1) is 26.5 Å². The van der Waals surface area contributed by atoms with E-state index in [-0.39, 0.29) is 5.63 Å². The van der Waals surface area contributed by atoms with Crippen molar-refractivity contribution in [2.75, 3.05) is 25.9 Å². The van der Waals surface area contributed by atoms with Crippen molar-refractivity contribution >= 4 is 16.7 Å². The van der Waals surface area contributed by atoms with Crippen LogP contribution in [-0.4, -0.2) is 21.0 Å². The number of rotatable bonds is 6. The van der Waals surface area contributed by atoms with Gasteiger partial charge in [-0.25, -0.2) is 4.79 Å². The molecule has 1 aliphatic heterocycles. The van der Waals surface area contributed by atoms with Crippen molar-refractivity contribution in [1.29, 1.82) is 0 Å². The molecule has 30 heavy (non-hydrogen) atoms. The number of benzene rings is 2. The van der Waals surface area contributed by atoms with Gasteiger partial charge in [-0.2, -0.15) is 0 Å². The predicted octanol–water partition coefficient (Wildman–Crippen LogP) is 4.82. The molecule has 0 unspecified atom stereocenters. The molecule has 1 aliphatic rings. The fraction of sp³-hybridized carbons (Fsp3) is 0.375. The van der Waals surface area contributed by atoms with Gasteiger partial charge in [0.2, 0.25) is 0 Å². The summed E-state index contributed by atoms with van der Waals surface area (Å²) in [4.78, 5) is 14.2. The van der Waals surface area contributed by atoms with E-state index in [4.69, 9.17) is 18.6 Å². The lowest BCUT2D eigenvalue weighted by Crippen LogP contribution is -2.32. The van der Waals surface area contributed by atoms with Gasteiger partial charge in [-0.15, -0.1) is 0 Å². The topological polar surface area (TPSA) is 61.1 Å². The van der Waals surface area contributed by atoms with Gasteiger partial charge in [0.25, 0.3) is 0 Å². The molecule has 0 fully saturated rings. The van der Waals surface area contributed by atoms with Gasteiger partial charge in [0.15, 0.2) is 6.73 Å². The fourth-order valence-corrected chi connectivity index (χ4v) is 4.06. The van der Waals surface area contributed by atoms with Crippen molar-refractivity contribution in [2.24, 2.45) is 0 Å². The molecule has 0 saturated carbocycles. The molecule has 0 saturated heterocycles. The van der Waals surface area contributed by atoms with Gasteiger partial charge in [-0.05, 0) is 43.5 Å². The van der Waals surface area contributed by atoms with Crippen molar-refractivity contribution in [3.63, 3.8) is 0 Å². The summed E-state index contributed by atoms with van der Waals surface area (Å²) in [6.07, 6.45) is 2.95. The van der Waals surface area contributed by atoms with Crippen molar-refractivity contribution in [3.8, 4) is 17.2 Å². The van der Waals surface area contributed by atoms with Crippen LogP contribution in [0.1, 0.15) is 36.5 Å². The minimum atomic E-state index is -0.310. The van der Waals surface area contributed by atoms with Gasteiger partial charge >= 0.3 is 5.63 Å². The molecule has 0 atom stereocenters. The molecule has 6 heteroatoms. The Morgan fingerprint density at radius 2 is 1.97 bits per heavy atom. The van der Waals surface area contributed by atoms with Crippen LogP contribution >= 0.6 is 0 Å². The number of hydrogen-bond donors (Lipinski definition) is 0. The molecule has 6 nitrogen and oxygen atoms in total. The SMILES string of the molecule is CCCCc1cc(=O)oc2c(C)c3c(cc12)CN(c1cc(OC)ccc1OC)CO3. The van der Waals surface area contributed by atoms with Gasteiger partial charge in [-0.1, -0.05) is 13.3 Å². The van der Waals surface area contributed by atoms with Crippen LogP contribution < -0.4 is 24.7 Å². The predicted molar refractivity (Wildman–Crippen MR) is 117 cm³/mol. The van der Waals surface area contributed by atoms with Crippen molar-refractivity contribution < 1.29 is 18.6 Å². The number of methoxy groups -OCH3 is 2. The first kappa shape index (κ1) is 20.1. The zero-order valence-electron chi connectivity index (χ0n) is 17.9. The summed E-state index contributed by atoms with van der Waals surface area (Å²) in [5.74, 6) is 2.31. The van der Waals surface area contributed by atoms with E-state index < -0.39 is 0 Å². The van der Waals surface area contributed by atoms with Crippen molar-refractivity contribution in [1.82, 2.24) is 0 Å². The molecule has 0 bridgehead atoms. The Labute approximate surface area is 176 Å². The number of nitrogens with zero attached hydrogens (tertiary/aromatic N) is 1. The molecule has 2 aromatic carbocycles. The lowest BCUT2D eigenvalue weighted by atomic mass is 9.98. The van der Waals surface area contributed by atoms with Crippen LogP contribution in [0.4, 0.5) is 5.69 Å². The van der Waals surface area contributed by atoms with Crippen LogP contribution in [0.5, 0.6) is 17.2 Å². The Balaban J connectivity index is 1.79. The van der Waals surface area contributed by atoms with Gasteiger partial charge < -0.3 is 23.5 Å². The molecule has 158 valence electrons. The largest absolute Gasteiger partial charge is 0.497 e. The van der Waals surface area contributed by atoms with E-state index in [2.05, 4.69) is 17.9 Å². The lowest BCUT2D eigenvalue weighted by molar-refractivity contribution is 0.285. The van der Waals surface area contributed by atoms with E-state index in [9.17, 15) is 4.79 Å². The molecule has 0 spiro atoms. The second-order valence-corrected chi connectivity index (χ2v) is 7.57. The Hall–Kier alpha value is -3.15. The number of ether oxygens (including phenoxy) is 3. The molecule has 0 radical (unpaired) electrons. The summed E-state index contributed by atoms with van der Waals surface area (Å²) in [5, 5.41) is 0.988. The highest BCUT2D eigenvalue weighted by molar-refractivity contribution is 5.86. The molecular formula is C24H27NO5. The van der Waals surface area contributed by atoms with E-state index in [0.29, 0.717) is 18.9 Å². The van der Waals surface area contributed by atoms with E-state index in [1.54, 1.807) is 20.3 Å². The van der Waals surface area contributed by atoms with Crippen LogP contribution in [0, 0.1) is 6.92 Å². The monoisotopic (exact) mass is 409 g/mol. The van der Waals surface area contributed by atoms with E-state index >= 15 is 0 Å². The lowest BCUT2D eigenvalue weighted by Gasteiger charge is -2.33. The second kappa shape index (κ2) is 8.30. The van der Waals surface area contributed by atoms with Crippen LogP contribution in [0.25, 0.3) is 11.0 Å². The second-order valence-electron chi connectivity index (χ2n) is 7.57. The highest BCUT2D eigenvalue weighted by Crippen LogP contribution is 2.40. The number of hydrogen-bond acceptors (Lipinski definition) is 6. The fourth-order valence-electron chi connectivity index (χ4n) is 4.06. The molecule has 0 amide bonds. The molecular weight excluding hydrogens is 382 g/mol. The normalized spacial score (nSPS) is 13.1. The molecule has 4 rings (SSSR count). The van der Waals surface area contributed by atoms with E-state index in [1.807, 2.05) is 25.1 Å². The molecule has 1 aromatic heterocycles. The van der Waals surface area contributed by atoms with Gasteiger partial charge in [0.1, 0.15) is 22.8 Å². The molecule has 3 aromatic rings. The third kappa shape index (κ3) is 3.58. The minimum absolute atomic E-state index is 0.310. The van der Waals surface area contributed by atoms with Crippen LogP contribution in [0.15, 0.2) is 39.5 Å². The number of unbranched alkanes of at least 4 members (excludes halogenated alkanes) is 1. The highest BCUT2D eigenvalue weighted by atomic mass is 16.5. The molecule has 0 aliphatic carbocycles. The Kier molecular flexibility index (Phi) is 5.57. The third-order valence-corrected chi connectivity index (χ3v) is 5.63. The zero-order valence-corrected chi connectivity index (χ0v) is 17.9. The third-order valence-electron chi connectivity index (χ3n) is 5.63. The summed E-state index contributed by atoms with van der Waals surface area (Å²) in [6, 6.07) is 9.45. The average Bonchev–Trinajstić information content (AvgIpc) is 2.77. The summed E-state index contributed by atoms with van der Waals surface area (Å²) in [5.41, 5.74) is 4.18. The standard InChI is InChI=1S/C24H27NO5/c1-5-6-7-16-11-22(26)30-24-15(2)23-17(10-19(16)24)13-25(14-29-23)20-12-18(27-3)8-9-21(20)28-4/h8-12H,5-7,13-14H2,1-4H3. The first-order chi connectivity index (χ1) is 14.5. The smallest absolute Gasteiger partial charge is 0.336 e.